The van der Waals surface area contributed by atoms with Crippen molar-refractivity contribution in [1.29, 1.82) is 5.41 Å². The van der Waals surface area contributed by atoms with Crippen LogP contribution in [0.2, 0.25) is 0 Å². The molecule has 0 saturated carbocycles. The maximum absolute atomic E-state index is 13.0. The van der Waals surface area contributed by atoms with Gasteiger partial charge >= 0.3 is 0 Å². The fourth-order valence-electron chi connectivity index (χ4n) is 2.69. The maximum atomic E-state index is 13.0. The summed E-state index contributed by atoms with van der Waals surface area (Å²) < 4.78 is 1.78. The number of nitrogens with zero attached hydrogens (tertiary/aromatic N) is 2. The average molecular weight is 293 g/mol. The average Bonchev–Trinajstić information content (AvgIpc) is 2.89. The van der Waals surface area contributed by atoms with Gasteiger partial charge in [0.2, 0.25) is 0 Å². The quantitative estimate of drug-likeness (QED) is 0.490. The first kappa shape index (κ1) is 13.8. The van der Waals surface area contributed by atoms with Gasteiger partial charge in [0.25, 0.3) is 0 Å². The highest BCUT2D eigenvalue weighted by Gasteiger charge is 2.18. The van der Waals surface area contributed by atoms with Crippen molar-refractivity contribution in [3.05, 3.63) is 51.7 Å². The van der Waals surface area contributed by atoms with E-state index in [-0.39, 0.29) is 5.43 Å². The van der Waals surface area contributed by atoms with Crippen molar-refractivity contribution in [2.45, 2.75) is 0 Å². The lowest BCUT2D eigenvalue weighted by Crippen LogP contribution is -2.21. The minimum atomic E-state index is -0.238. The van der Waals surface area contributed by atoms with E-state index in [1.165, 1.54) is 0 Å². The van der Waals surface area contributed by atoms with Gasteiger partial charge < -0.3 is 16.5 Å². The third-order valence-corrected chi connectivity index (χ3v) is 3.80. The molecule has 0 amide bonds. The number of nitrogen functional groups attached to an aromatic ring is 1. The molecule has 2 aromatic heterocycles. The van der Waals surface area contributed by atoms with Crippen LogP contribution in [0.4, 0.5) is 5.69 Å². The summed E-state index contributed by atoms with van der Waals surface area (Å²) in [5, 5.41) is 11.4. The summed E-state index contributed by atoms with van der Waals surface area (Å²) in [6.07, 6.45) is 2.70. The Morgan fingerprint density at radius 3 is 2.86 bits per heavy atom. The minimum absolute atomic E-state index is 0.238. The summed E-state index contributed by atoms with van der Waals surface area (Å²) >= 11 is 0. The highest BCUT2D eigenvalue weighted by Crippen LogP contribution is 2.23. The number of nitrogens with one attached hydrogen (secondary N) is 2. The Kier molecular flexibility index (Phi) is 2.95. The largest absolute Gasteiger partial charge is 0.398 e. The number of hydrogen-bond donors (Lipinski definition) is 3. The monoisotopic (exact) mass is 293 g/mol. The van der Waals surface area contributed by atoms with Crippen molar-refractivity contribution in [1.82, 2.24) is 14.7 Å². The van der Waals surface area contributed by atoms with Crippen LogP contribution in [0.1, 0.15) is 11.1 Å². The van der Waals surface area contributed by atoms with Crippen molar-refractivity contribution < 1.29 is 0 Å². The van der Waals surface area contributed by atoms with Gasteiger partial charge in [-0.25, -0.2) is 4.98 Å². The van der Waals surface area contributed by atoms with Gasteiger partial charge in [0.15, 0.2) is 5.43 Å². The lowest BCUT2D eigenvalue weighted by atomic mass is 10.0. The topological polar surface area (TPSA) is 96.3 Å². The molecule has 3 aromatic rings. The normalized spacial score (nSPS) is 11.0. The Labute approximate surface area is 126 Å². The number of anilines is 1. The molecule has 0 radical (unpaired) electrons. The van der Waals surface area contributed by atoms with Crippen LogP contribution in [0.5, 0.6) is 0 Å². The molecule has 0 fully saturated rings. The predicted molar refractivity (Wildman–Crippen MR) is 90.1 cm³/mol. The Hall–Kier alpha value is -3.15. The Morgan fingerprint density at radius 1 is 1.50 bits per heavy atom. The second-order valence-corrected chi connectivity index (χ2v) is 4.95. The van der Waals surface area contributed by atoms with Crippen molar-refractivity contribution in [3.8, 4) is 0 Å². The van der Waals surface area contributed by atoms with Crippen molar-refractivity contribution in [2.24, 2.45) is 0 Å². The molecule has 0 unspecified atom stereocenters. The number of imidazole rings is 1. The van der Waals surface area contributed by atoms with Gasteiger partial charge in [-0.3, -0.25) is 9.20 Å². The standard InChI is InChI=1S/C16H15N5O/c1-8(19-3)13-15-9(2)20-7-21(15)12-5-4-11(18)10(6-17)14(12)16(13)22/h4-7,17,19H,1-2,18H2,3H3. The van der Waals surface area contributed by atoms with Crippen LogP contribution in [0.3, 0.4) is 0 Å². The molecule has 22 heavy (non-hydrogen) atoms. The van der Waals surface area contributed by atoms with Crippen LogP contribution in [0.15, 0.2) is 29.8 Å². The molecule has 0 aliphatic heterocycles. The number of rotatable bonds is 3. The summed E-state index contributed by atoms with van der Waals surface area (Å²) in [5.41, 5.74) is 8.57. The van der Waals surface area contributed by atoms with Crippen molar-refractivity contribution >= 4 is 40.6 Å². The highest BCUT2D eigenvalue weighted by molar-refractivity contribution is 6.04. The molecule has 0 bridgehead atoms. The van der Waals surface area contributed by atoms with Crippen LogP contribution in [0.25, 0.3) is 28.7 Å². The third kappa shape index (κ3) is 1.64. The van der Waals surface area contributed by atoms with Gasteiger partial charge in [-0.15, -0.1) is 0 Å². The summed E-state index contributed by atoms with van der Waals surface area (Å²) in [7, 11) is 1.69. The van der Waals surface area contributed by atoms with Gasteiger partial charge in [0.1, 0.15) is 6.33 Å². The zero-order chi connectivity index (χ0) is 16.0. The summed E-state index contributed by atoms with van der Waals surface area (Å²) in [4.78, 5) is 17.2. The molecule has 2 heterocycles. The van der Waals surface area contributed by atoms with Gasteiger partial charge in [-0.2, -0.15) is 0 Å². The van der Waals surface area contributed by atoms with E-state index in [1.54, 1.807) is 29.9 Å². The molecule has 0 aliphatic carbocycles. The van der Waals surface area contributed by atoms with E-state index in [9.17, 15) is 4.79 Å². The number of benzene rings is 1. The number of pyridine rings is 1. The lowest BCUT2D eigenvalue weighted by Gasteiger charge is -2.12. The zero-order valence-electron chi connectivity index (χ0n) is 12.1. The molecule has 0 aliphatic rings. The summed E-state index contributed by atoms with van der Waals surface area (Å²) in [6.45, 7) is 7.78. The van der Waals surface area contributed by atoms with Crippen LogP contribution in [-0.4, -0.2) is 22.6 Å². The Bertz CT molecular complexity index is 1050. The Balaban J connectivity index is 2.73. The number of nitrogens with two attached hydrogens (primary N) is 1. The minimum Gasteiger partial charge on any atom is -0.398 e. The highest BCUT2D eigenvalue weighted by atomic mass is 16.1. The molecule has 0 spiro atoms. The van der Waals surface area contributed by atoms with E-state index >= 15 is 0 Å². The molecule has 3 rings (SSSR count). The molecule has 4 N–H and O–H groups in total. The number of hydrogen-bond acceptors (Lipinski definition) is 5. The summed E-state index contributed by atoms with van der Waals surface area (Å²) in [5.74, 6) is 0. The van der Waals surface area contributed by atoms with Gasteiger partial charge in [-0.1, -0.05) is 13.2 Å². The first-order valence-electron chi connectivity index (χ1n) is 6.63. The first-order chi connectivity index (χ1) is 10.5. The van der Waals surface area contributed by atoms with E-state index in [2.05, 4.69) is 23.5 Å². The molecular formula is C16H15N5O. The SMILES string of the molecule is C=C(NC)c1c(=O)c2c(C=N)c(N)ccc2n2cnc(=C)c12. The second kappa shape index (κ2) is 4.70. The molecule has 6 nitrogen and oxygen atoms in total. The molecule has 1 aromatic carbocycles. The van der Waals surface area contributed by atoms with Gasteiger partial charge in [0.05, 0.1) is 27.3 Å². The maximum Gasteiger partial charge on any atom is 0.200 e. The molecule has 0 saturated heterocycles. The zero-order valence-corrected chi connectivity index (χ0v) is 12.1. The van der Waals surface area contributed by atoms with E-state index < -0.39 is 0 Å². The number of fused-ring (bicyclic) bond motifs is 3. The van der Waals surface area contributed by atoms with Crippen molar-refractivity contribution in [2.75, 3.05) is 12.8 Å². The van der Waals surface area contributed by atoms with E-state index in [0.717, 1.165) is 6.21 Å². The molecular weight excluding hydrogens is 278 g/mol. The fourth-order valence-corrected chi connectivity index (χ4v) is 2.69. The van der Waals surface area contributed by atoms with Gasteiger partial charge in [-0.05, 0) is 12.1 Å². The van der Waals surface area contributed by atoms with Gasteiger partial charge in [0, 0.05) is 30.2 Å². The van der Waals surface area contributed by atoms with E-state index in [0.29, 0.717) is 44.3 Å². The van der Waals surface area contributed by atoms with Crippen molar-refractivity contribution in [3.63, 3.8) is 0 Å². The molecule has 0 atom stereocenters. The predicted octanol–water partition coefficient (Wildman–Crippen LogP) is 0.747. The fraction of sp³-hybridized carbons (Fsp3) is 0.0625. The Morgan fingerprint density at radius 2 is 2.23 bits per heavy atom. The third-order valence-electron chi connectivity index (χ3n) is 3.80. The molecule has 6 heteroatoms. The summed E-state index contributed by atoms with van der Waals surface area (Å²) in [6, 6.07) is 3.43. The smallest absolute Gasteiger partial charge is 0.200 e. The second-order valence-electron chi connectivity index (χ2n) is 4.95. The van der Waals surface area contributed by atoms with E-state index in [1.807, 2.05) is 0 Å². The van der Waals surface area contributed by atoms with E-state index in [4.69, 9.17) is 11.1 Å². The van der Waals surface area contributed by atoms with Crippen LogP contribution < -0.4 is 21.8 Å². The molecule has 110 valence electrons. The lowest BCUT2D eigenvalue weighted by molar-refractivity contribution is 1.12. The first-order valence-corrected chi connectivity index (χ1v) is 6.63. The van der Waals surface area contributed by atoms with Crippen LogP contribution >= 0.6 is 0 Å². The number of aromatic nitrogens is 2. The van der Waals surface area contributed by atoms with Crippen LogP contribution in [0, 0.1) is 5.41 Å². The van der Waals surface area contributed by atoms with Crippen LogP contribution in [-0.2, 0) is 0 Å².